The van der Waals surface area contributed by atoms with Gasteiger partial charge in [0.25, 0.3) is 0 Å². The van der Waals surface area contributed by atoms with Crippen molar-refractivity contribution in [1.82, 2.24) is 9.97 Å². The first-order chi connectivity index (χ1) is 21.1. The number of pyridine rings is 2. The maximum absolute atomic E-state index is 4.31. The number of nitrogens with zero attached hydrogens (tertiary/aromatic N) is 2. The SMILES string of the molecule is CC(C)=c1c#cc#cc(=C(C)C)c#cc2cncc(c#cc(=C(C)C)c#cc#cc(=C(C)C)c#cc3cncc(c#c1)c3)c2. The van der Waals surface area contributed by atoms with Crippen LogP contribution in [0.4, 0.5) is 0 Å². The van der Waals surface area contributed by atoms with Crippen molar-refractivity contribution in [3.8, 4) is 0 Å². The van der Waals surface area contributed by atoms with Gasteiger partial charge in [-0.25, -0.2) is 0 Å². The Balaban J connectivity index is 2.42. The summed E-state index contributed by atoms with van der Waals surface area (Å²) in [7, 11) is 0. The Morgan fingerprint density at radius 3 is 0.773 bits per heavy atom. The van der Waals surface area contributed by atoms with Crippen molar-refractivity contribution < 1.29 is 0 Å². The van der Waals surface area contributed by atoms with Gasteiger partial charge in [0, 0.05) is 46.3 Å². The molecule has 208 valence electrons. The summed E-state index contributed by atoms with van der Waals surface area (Å²) in [5, 5.41) is 5.73. The van der Waals surface area contributed by atoms with E-state index in [1.807, 2.05) is 67.5 Å². The smallest absolute Gasteiger partial charge is 0.0744 e. The molecule has 0 radical (unpaired) electrons. The summed E-state index contributed by atoms with van der Waals surface area (Å²) in [6.45, 7) is 15.8. The van der Waals surface area contributed by atoms with Gasteiger partial charge in [-0.05, 0) is 116 Å². The van der Waals surface area contributed by atoms with Crippen molar-refractivity contribution in [1.29, 1.82) is 0 Å². The predicted octanol–water partition coefficient (Wildman–Crippen LogP) is 5.41. The highest BCUT2D eigenvalue weighted by molar-refractivity contribution is 5.62. The summed E-state index contributed by atoms with van der Waals surface area (Å²) >= 11 is 0. The molecule has 2 aromatic heterocycles. The molecule has 2 heteroatoms. The van der Waals surface area contributed by atoms with E-state index in [4.69, 9.17) is 0 Å². The number of aromatic nitrogens is 2. The van der Waals surface area contributed by atoms with Crippen LogP contribution in [0.1, 0.15) is 55.4 Å². The number of fused-ring (bicyclic) bond motifs is 4. The fourth-order valence-electron chi connectivity index (χ4n) is 3.19. The Labute approximate surface area is 263 Å². The first kappa shape index (κ1) is 32.3. The van der Waals surface area contributed by atoms with Crippen LogP contribution in [0, 0.1) is 97.1 Å². The maximum Gasteiger partial charge on any atom is 0.0744 e. The molecule has 3 aromatic rings. The zero-order chi connectivity index (χ0) is 31.9. The minimum absolute atomic E-state index is 0.700. The molecule has 0 amide bonds. The Morgan fingerprint density at radius 2 is 0.568 bits per heavy atom. The average molecular weight is 563 g/mol. The second kappa shape index (κ2) is 16.2. The van der Waals surface area contributed by atoms with E-state index in [9.17, 15) is 0 Å². The second-order valence-electron chi connectivity index (χ2n) is 10.4. The van der Waals surface area contributed by atoms with E-state index in [0.29, 0.717) is 20.9 Å². The van der Waals surface area contributed by atoms with Crippen molar-refractivity contribution >= 4 is 43.8 Å². The highest BCUT2D eigenvalue weighted by Crippen LogP contribution is 1.99. The molecule has 44 heavy (non-hydrogen) atoms. The number of hydrogen-bond acceptors (Lipinski definition) is 2. The van der Waals surface area contributed by atoms with Crippen LogP contribution in [-0.4, -0.2) is 9.97 Å². The zero-order valence-electron chi connectivity index (χ0n) is 26.4. The highest BCUT2D eigenvalue weighted by Gasteiger charge is 1.84. The fraction of sp³-hybridized carbons (Fsp3) is 0.190. The third-order valence-corrected chi connectivity index (χ3v) is 5.68. The molecule has 0 atom stereocenters. The molecule has 0 saturated heterocycles. The lowest BCUT2D eigenvalue weighted by Gasteiger charge is -1.83. The van der Waals surface area contributed by atoms with Crippen molar-refractivity contribution in [2.45, 2.75) is 55.4 Å². The lowest BCUT2D eigenvalue weighted by molar-refractivity contribution is 1.38. The molecule has 4 bridgehead atoms. The standard InChI is InChI=1S/C42H30N2/c1-31(2)39-13-9-10-14-40(32(3)4)22-19-37-26-38(30-44-29-37)20-24-42(34(7)8)16-12-11-15-41(33(5)6)23-18-36-25-35(17-21-39)27-43-28-36/h25-30H,1-8H3. The van der Waals surface area contributed by atoms with Crippen LogP contribution in [-0.2, 0) is 0 Å². The van der Waals surface area contributed by atoms with Crippen molar-refractivity contribution in [3.05, 3.63) is 155 Å². The molecule has 0 aliphatic rings. The lowest BCUT2D eigenvalue weighted by Crippen LogP contribution is -1.96. The van der Waals surface area contributed by atoms with Crippen LogP contribution in [0.3, 0.4) is 0 Å². The van der Waals surface area contributed by atoms with Gasteiger partial charge in [-0.15, -0.1) is 0 Å². The first-order valence-corrected chi connectivity index (χ1v) is 13.8. The largest absolute Gasteiger partial charge is 0.262 e. The van der Waals surface area contributed by atoms with Gasteiger partial charge in [0.15, 0.2) is 0 Å². The van der Waals surface area contributed by atoms with E-state index in [2.05, 4.69) is 107 Å². The van der Waals surface area contributed by atoms with E-state index < -0.39 is 0 Å². The molecule has 0 aliphatic carbocycles. The van der Waals surface area contributed by atoms with Gasteiger partial charge >= 0.3 is 0 Å². The van der Waals surface area contributed by atoms with Crippen LogP contribution >= 0.6 is 0 Å². The van der Waals surface area contributed by atoms with Crippen molar-refractivity contribution in [3.63, 3.8) is 0 Å². The van der Waals surface area contributed by atoms with Gasteiger partial charge in [-0.3, -0.25) is 9.97 Å². The van der Waals surface area contributed by atoms with Gasteiger partial charge in [-0.2, -0.15) is 0 Å². The molecular formula is C42H30N2. The van der Waals surface area contributed by atoms with Crippen LogP contribution in [0.2, 0.25) is 0 Å². The summed E-state index contributed by atoms with van der Waals surface area (Å²) in [5.41, 5.74) is 3.97. The van der Waals surface area contributed by atoms with E-state index in [1.54, 1.807) is 24.8 Å². The van der Waals surface area contributed by atoms with Crippen molar-refractivity contribution in [2.24, 2.45) is 0 Å². The van der Waals surface area contributed by atoms with Gasteiger partial charge in [0.2, 0.25) is 0 Å². The normalized spacial score (nSPS) is 8.36. The van der Waals surface area contributed by atoms with E-state index in [-0.39, 0.29) is 0 Å². The van der Waals surface area contributed by atoms with E-state index in [1.165, 1.54) is 0 Å². The van der Waals surface area contributed by atoms with Gasteiger partial charge in [0.1, 0.15) is 0 Å². The van der Waals surface area contributed by atoms with Crippen molar-refractivity contribution in [2.75, 3.05) is 0 Å². The molecule has 0 unspecified atom stereocenters. The Bertz CT molecular complexity index is 1740. The summed E-state index contributed by atoms with van der Waals surface area (Å²) in [4.78, 5) is 8.63. The van der Waals surface area contributed by atoms with Gasteiger partial charge < -0.3 is 0 Å². The Kier molecular flexibility index (Phi) is 11.9. The third-order valence-electron chi connectivity index (χ3n) is 5.68. The van der Waals surface area contributed by atoms with Crippen LogP contribution in [0.5, 0.6) is 0 Å². The fourth-order valence-corrected chi connectivity index (χ4v) is 3.19. The third kappa shape index (κ3) is 10.6. The van der Waals surface area contributed by atoms with E-state index in [0.717, 1.165) is 43.8 Å². The number of hydrogen-bond donors (Lipinski definition) is 0. The Morgan fingerprint density at radius 1 is 0.341 bits per heavy atom. The molecule has 0 spiro atoms. The summed E-state index contributed by atoms with van der Waals surface area (Å²) < 4.78 is 0. The molecule has 2 heterocycles. The predicted molar refractivity (Wildman–Crippen MR) is 175 cm³/mol. The number of rotatable bonds is 0. The lowest BCUT2D eigenvalue weighted by atomic mass is 10.2. The maximum atomic E-state index is 4.31. The summed E-state index contributed by atoms with van der Waals surface area (Å²) in [6.07, 6.45) is 6.81. The van der Waals surface area contributed by atoms with Crippen LogP contribution in [0.25, 0.3) is 43.8 Å². The minimum Gasteiger partial charge on any atom is -0.262 e. The average Bonchev–Trinajstić information content (AvgIpc) is 2.98. The molecule has 2 nitrogen and oxygen atoms in total. The summed E-state index contributed by atoms with van der Waals surface area (Å²) in [5.74, 6) is 0. The monoisotopic (exact) mass is 562 g/mol. The second-order valence-corrected chi connectivity index (χ2v) is 10.4. The van der Waals surface area contributed by atoms with Gasteiger partial charge in [-0.1, -0.05) is 70.8 Å². The summed E-state index contributed by atoms with van der Waals surface area (Å²) in [6, 6.07) is 53.1. The molecule has 0 fully saturated rings. The Hall–Kier alpha value is -6.26. The zero-order valence-corrected chi connectivity index (χ0v) is 26.4. The van der Waals surface area contributed by atoms with E-state index >= 15 is 0 Å². The van der Waals surface area contributed by atoms with Crippen LogP contribution in [0.15, 0.2) is 36.9 Å². The van der Waals surface area contributed by atoms with Crippen LogP contribution < -0.4 is 20.9 Å². The molecule has 1 aromatic carbocycles. The molecule has 0 saturated carbocycles. The molecule has 0 N–H and O–H groups in total. The quantitative estimate of drug-likeness (QED) is 0.366. The van der Waals surface area contributed by atoms with Gasteiger partial charge in [0.05, 0.1) is 20.9 Å². The molecular weight excluding hydrogens is 532 g/mol. The first-order valence-electron chi connectivity index (χ1n) is 13.8. The topological polar surface area (TPSA) is 25.8 Å². The minimum atomic E-state index is 0.700. The molecule has 0 aliphatic heterocycles. The molecule has 3 rings (SSSR count). The highest BCUT2D eigenvalue weighted by atomic mass is 14.6.